The van der Waals surface area contributed by atoms with Crippen molar-refractivity contribution in [3.8, 4) is 0 Å². The van der Waals surface area contributed by atoms with Gasteiger partial charge in [0.2, 0.25) is 5.95 Å². The molecule has 1 aliphatic heterocycles. The number of aromatic nitrogens is 2. The van der Waals surface area contributed by atoms with Gasteiger partial charge in [0, 0.05) is 36.1 Å². The lowest BCUT2D eigenvalue weighted by Gasteiger charge is -2.19. The smallest absolute Gasteiger partial charge is 0.421 e. The summed E-state index contributed by atoms with van der Waals surface area (Å²) in [5, 5.41) is 5.75. The summed E-state index contributed by atoms with van der Waals surface area (Å²) in [7, 11) is -4.09. The predicted molar refractivity (Wildman–Crippen MR) is 135 cm³/mol. The fourth-order valence-corrected chi connectivity index (χ4v) is 4.16. The summed E-state index contributed by atoms with van der Waals surface area (Å²) in [6.07, 6.45) is 2.38. The number of hydrogen-bond donors (Lipinski definition) is 3. The number of amides is 2. The second-order valence-corrected chi connectivity index (χ2v) is 11.3. The number of hydrogen-bond acceptors (Lipinski definition) is 10. The molecule has 1 saturated heterocycles. The Hall–Kier alpha value is -3.45. The number of alkyl carbamates (subject to hydrolysis) is 1. The lowest BCUT2D eigenvalue weighted by molar-refractivity contribution is 0.0570. The van der Waals surface area contributed by atoms with E-state index in [4.69, 9.17) is 14.2 Å². The van der Waals surface area contributed by atoms with Crippen LogP contribution in [0.4, 0.5) is 21.2 Å². The molecule has 3 rings (SSSR count). The number of carbonyl (C=O) groups is 2. The molecule has 0 spiro atoms. The monoisotopic (exact) mass is 535 g/mol. The Kier molecular flexibility index (Phi) is 8.92. The minimum atomic E-state index is -4.09. The van der Waals surface area contributed by atoms with Crippen molar-refractivity contribution < 1.29 is 32.2 Å². The van der Waals surface area contributed by atoms with E-state index in [2.05, 4.69) is 20.6 Å². The summed E-state index contributed by atoms with van der Waals surface area (Å²) in [6.45, 7) is 9.07. The lowest BCUT2D eigenvalue weighted by atomic mass is 10.1. The maximum absolute atomic E-state index is 12.4. The largest absolute Gasteiger partial charge is 0.444 e. The van der Waals surface area contributed by atoms with E-state index in [1.54, 1.807) is 33.2 Å². The summed E-state index contributed by atoms with van der Waals surface area (Å²) >= 11 is 0. The third-order valence-corrected chi connectivity index (χ3v) is 6.62. The van der Waals surface area contributed by atoms with Crippen LogP contribution >= 0.6 is 0 Å². The number of ether oxygens (including phenoxy) is 3. The van der Waals surface area contributed by atoms with E-state index in [1.165, 1.54) is 24.3 Å². The van der Waals surface area contributed by atoms with Crippen LogP contribution in [-0.2, 0) is 24.2 Å². The van der Waals surface area contributed by atoms with Gasteiger partial charge in [-0.05, 0) is 58.4 Å². The summed E-state index contributed by atoms with van der Waals surface area (Å²) in [6, 6.07) is 5.76. The summed E-state index contributed by atoms with van der Waals surface area (Å²) in [5.74, 6) is 0.296. The number of sulfonamides is 1. The van der Waals surface area contributed by atoms with Crippen molar-refractivity contribution in [2.24, 2.45) is 0 Å². The number of nitrogens with one attached hydrogen (secondary N) is 3. The molecule has 0 bridgehead atoms. The third kappa shape index (κ3) is 8.57. The highest BCUT2D eigenvalue weighted by molar-refractivity contribution is 7.90. The van der Waals surface area contributed by atoms with E-state index >= 15 is 0 Å². The summed E-state index contributed by atoms with van der Waals surface area (Å²) in [4.78, 5) is 32.2. The van der Waals surface area contributed by atoms with Gasteiger partial charge >= 0.3 is 12.2 Å². The Morgan fingerprint density at radius 3 is 2.38 bits per heavy atom. The predicted octanol–water partition coefficient (Wildman–Crippen LogP) is 3.79. The van der Waals surface area contributed by atoms with Crippen LogP contribution in [0.5, 0.6) is 0 Å². The Labute approximate surface area is 216 Å². The van der Waals surface area contributed by atoms with Crippen LogP contribution in [0.1, 0.15) is 59.1 Å². The molecule has 1 fully saturated rings. The minimum absolute atomic E-state index is 0.0357. The molecule has 37 heavy (non-hydrogen) atoms. The van der Waals surface area contributed by atoms with Gasteiger partial charge in [-0.15, -0.1) is 0 Å². The highest BCUT2D eigenvalue weighted by atomic mass is 32.2. The van der Waals surface area contributed by atoms with Crippen molar-refractivity contribution in [2.45, 2.75) is 76.2 Å². The molecule has 0 aliphatic carbocycles. The second kappa shape index (κ2) is 11.7. The average molecular weight is 536 g/mol. The van der Waals surface area contributed by atoms with E-state index < -0.39 is 27.8 Å². The van der Waals surface area contributed by atoms with Crippen LogP contribution in [0.25, 0.3) is 0 Å². The fraction of sp³-hybridized carbons (Fsp3) is 0.500. The zero-order chi connectivity index (χ0) is 27.2. The zero-order valence-corrected chi connectivity index (χ0v) is 22.3. The van der Waals surface area contributed by atoms with Crippen LogP contribution in [0, 0.1) is 0 Å². The molecule has 12 nitrogen and oxygen atoms in total. The summed E-state index contributed by atoms with van der Waals surface area (Å²) < 4.78 is 42.8. The van der Waals surface area contributed by atoms with E-state index in [0.717, 1.165) is 12.0 Å². The van der Waals surface area contributed by atoms with E-state index in [-0.39, 0.29) is 29.8 Å². The normalized spacial score (nSPS) is 18.5. The Morgan fingerprint density at radius 2 is 1.78 bits per heavy atom. The highest BCUT2D eigenvalue weighted by Gasteiger charge is 2.30. The molecule has 2 aromatic rings. The molecule has 3 atom stereocenters. The van der Waals surface area contributed by atoms with E-state index in [9.17, 15) is 18.0 Å². The van der Waals surface area contributed by atoms with Crippen LogP contribution in [0.2, 0.25) is 0 Å². The van der Waals surface area contributed by atoms with Gasteiger partial charge in [0.15, 0.2) is 0 Å². The molecule has 202 valence electrons. The first kappa shape index (κ1) is 28.1. The van der Waals surface area contributed by atoms with Crippen LogP contribution < -0.4 is 15.4 Å². The fourth-order valence-electron chi connectivity index (χ4n) is 3.28. The molecule has 3 N–H and O–H groups in total. The van der Waals surface area contributed by atoms with Crippen LogP contribution in [0.3, 0.4) is 0 Å². The average Bonchev–Trinajstić information content (AvgIpc) is 3.26. The van der Waals surface area contributed by atoms with Crippen molar-refractivity contribution in [2.75, 3.05) is 11.9 Å². The van der Waals surface area contributed by atoms with Crippen molar-refractivity contribution in [1.82, 2.24) is 20.0 Å². The van der Waals surface area contributed by atoms with E-state index in [0.29, 0.717) is 18.1 Å². The molecule has 2 amide bonds. The van der Waals surface area contributed by atoms with Crippen molar-refractivity contribution >= 4 is 33.8 Å². The van der Waals surface area contributed by atoms with Gasteiger partial charge in [-0.1, -0.05) is 6.92 Å². The van der Waals surface area contributed by atoms with E-state index in [1.807, 2.05) is 18.6 Å². The molecule has 1 aliphatic rings. The van der Waals surface area contributed by atoms with Crippen LogP contribution in [0.15, 0.2) is 41.6 Å². The first-order valence-corrected chi connectivity index (χ1v) is 13.4. The maximum atomic E-state index is 12.4. The van der Waals surface area contributed by atoms with Crippen LogP contribution in [-0.4, -0.2) is 54.9 Å². The van der Waals surface area contributed by atoms with Gasteiger partial charge < -0.3 is 24.8 Å². The number of benzene rings is 1. The SMILES string of the molecule is CC[C@H](C)NC(=O)O[C@H]1CO[C@@H](c2cnc(Nc3ccc(S(=O)(=O)NC(=O)OC(C)(C)C)cc3)nc2)C1. The second-order valence-electron chi connectivity index (χ2n) is 9.64. The topological polar surface area (TPSA) is 158 Å². The van der Waals surface area contributed by atoms with Gasteiger partial charge in [-0.3, -0.25) is 0 Å². The minimum Gasteiger partial charge on any atom is -0.444 e. The van der Waals surface area contributed by atoms with Gasteiger partial charge in [0.1, 0.15) is 11.7 Å². The van der Waals surface area contributed by atoms with Gasteiger partial charge in [0.05, 0.1) is 17.6 Å². The maximum Gasteiger partial charge on any atom is 0.421 e. The lowest BCUT2D eigenvalue weighted by Crippen LogP contribution is -2.36. The first-order chi connectivity index (χ1) is 17.3. The molecule has 1 aromatic heterocycles. The van der Waals surface area contributed by atoms with Gasteiger partial charge in [-0.25, -0.2) is 32.7 Å². The highest BCUT2D eigenvalue weighted by Crippen LogP contribution is 2.30. The third-order valence-electron chi connectivity index (χ3n) is 5.29. The molecule has 1 aromatic carbocycles. The number of rotatable bonds is 8. The molecular weight excluding hydrogens is 502 g/mol. The Balaban J connectivity index is 1.53. The molecule has 0 saturated carbocycles. The van der Waals surface area contributed by atoms with Crippen molar-refractivity contribution in [1.29, 1.82) is 0 Å². The molecule has 0 unspecified atom stereocenters. The molecule has 2 heterocycles. The Bertz CT molecular complexity index is 1180. The number of anilines is 2. The standard InChI is InChI=1S/C24H33N5O7S/c1-6-15(2)27-22(30)35-18-11-20(34-14-18)16-12-25-21(26-13-16)28-17-7-9-19(10-8-17)37(32,33)29-23(31)36-24(3,4)5/h7-10,12-13,15,18,20H,6,11,14H2,1-5H3,(H,27,30)(H,29,31)(H,25,26,28)/t15-,18+,20+/m0/s1. The molecular formula is C24H33N5O7S. The van der Waals surface area contributed by atoms with Crippen molar-refractivity contribution in [3.05, 3.63) is 42.2 Å². The number of carbonyl (C=O) groups excluding carboxylic acids is 2. The molecule has 13 heteroatoms. The Morgan fingerprint density at radius 1 is 1.14 bits per heavy atom. The zero-order valence-electron chi connectivity index (χ0n) is 21.5. The summed E-state index contributed by atoms with van der Waals surface area (Å²) in [5.41, 5.74) is 0.460. The van der Waals surface area contributed by atoms with Crippen molar-refractivity contribution in [3.63, 3.8) is 0 Å². The van der Waals surface area contributed by atoms with Gasteiger partial charge in [-0.2, -0.15) is 0 Å². The first-order valence-electron chi connectivity index (χ1n) is 11.9. The van der Waals surface area contributed by atoms with Gasteiger partial charge in [0.25, 0.3) is 10.0 Å². The quantitative estimate of drug-likeness (QED) is 0.454. The molecule has 0 radical (unpaired) electrons. The number of nitrogens with zero attached hydrogens (tertiary/aromatic N) is 2.